The van der Waals surface area contributed by atoms with Crippen molar-refractivity contribution in [1.82, 2.24) is 9.97 Å². The Balaban J connectivity index is 2.35. The first-order valence-corrected chi connectivity index (χ1v) is 7.28. The maximum absolute atomic E-state index is 11.8. The van der Waals surface area contributed by atoms with E-state index >= 15 is 0 Å². The number of anilines is 2. The summed E-state index contributed by atoms with van der Waals surface area (Å²) in [4.78, 5) is 22.0. The Morgan fingerprint density at radius 2 is 1.68 bits per heavy atom. The quantitative estimate of drug-likeness (QED) is 0.726. The van der Waals surface area contributed by atoms with Crippen LogP contribution in [0.4, 0.5) is 11.6 Å². The third-order valence-corrected chi connectivity index (χ3v) is 3.32. The Kier molecular flexibility index (Phi) is 5.85. The molecular weight excluding hydrogens is 280 g/mol. The lowest BCUT2D eigenvalue weighted by atomic mass is 10.1. The first-order chi connectivity index (χ1) is 10.7. The highest BCUT2D eigenvalue weighted by atomic mass is 16.4. The molecule has 0 fully saturated rings. The molecule has 0 radical (unpaired) electrons. The monoisotopic (exact) mass is 300 g/mol. The molecule has 2 rings (SSSR count). The third kappa shape index (κ3) is 4.02. The zero-order valence-corrected chi connectivity index (χ0v) is 12.3. The second kappa shape index (κ2) is 8.09. The average molecular weight is 300 g/mol. The van der Waals surface area contributed by atoms with Gasteiger partial charge in [0.15, 0.2) is 0 Å². The Morgan fingerprint density at radius 3 is 2.09 bits per heavy atom. The number of hydrogen-bond acceptors (Lipinski definition) is 5. The number of nitrogens with zero attached hydrogens (tertiary/aromatic N) is 3. The van der Waals surface area contributed by atoms with Crippen molar-refractivity contribution < 1.29 is 9.90 Å². The molecule has 2 heterocycles. The van der Waals surface area contributed by atoms with Gasteiger partial charge in [0.05, 0.1) is 0 Å². The van der Waals surface area contributed by atoms with Crippen LogP contribution in [-0.2, 0) is 4.79 Å². The van der Waals surface area contributed by atoms with Gasteiger partial charge in [-0.2, -0.15) is 0 Å². The highest BCUT2D eigenvalue weighted by Crippen LogP contribution is 2.26. The summed E-state index contributed by atoms with van der Waals surface area (Å²) < 4.78 is 0. The maximum Gasteiger partial charge on any atom is 0.326 e. The Labute approximate surface area is 129 Å². The molecule has 2 aromatic heterocycles. The molecule has 116 valence electrons. The van der Waals surface area contributed by atoms with Gasteiger partial charge in [0.1, 0.15) is 17.7 Å². The van der Waals surface area contributed by atoms with Gasteiger partial charge in [-0.3, -0.25) is 4.90 Å². The molecule has 22 heavy (non-hydrogen) atoms. The standard InChI is InChI=1S/C16H20N4O2/c17-10-4-1-7-13(16(21)22)20(14-8-2-5-11-18-14)15-9-3-6-12-19-15/h2-3,5-6,8-9,11-13H,1,4,7,10,17H2,(H,21,22). The lowest BCUT2D eigenvalue weighted by Gasteiger charge is -2.29. The number of carbonyl (C=O) groups is 1. The van der Waals surface area contributed by atoms with E-state index in [0.717, 1.165) is 12.8 Å². The predicted octanol–water partition coefficient (Wildman–Crippen LogP) is 2.20. The van der Waals surface area contributed by atoms with Gasteiger partial charge in [-0.1, -0.05) is 12.1 Å². The molecule has 2 aromatic rings. The van der Waals surface area contributed by atoms with Crippen molar-refractivity contribution in [3.63, 3.8) is 0 Å². The van der Waals surface area contributed by atoms with Crippen LogP contribution in [0.5, 0.6) is 0 Å². The van der Waals surface area contributed by atoms with Gasteiger partial charge in [-0.05, 0) is 50.1 Å². The molecule has 1 unspecified atom stereocenters. The van der Waals surface area contributed by atoms with Gasteiger partial charge in [-0.25, -0.2) is 14.8 Å². The van der Waals surface area contributed by atoms with Gasteiger partial charge in [0, 0.05) is 12.4 Å². The first-order valence-electron chi connectivity index (χ1n) is 7.28. The summed E-state index contributed by atoms with van der Waals surface area (Å²) in [6.07, 6.45) is 5.31. The van der Waals surface area contributed by atoms with Crippen LogP contribution in [0.1, 0.15) is 19.3 Å². The molecule has 0 aliphatic carbocycles. The summed E-state index contributed by atoms with van der Waals surface area (Å²) in [6, 6.07) is 10.1. The molecule has 1 atom stereocenters. The lowest BCUT2D eigenvalue weighted by Crippen LogP contribution is -2.39. The summed E-state index contributed by atoms with van der Waals surface area (Å²) in [5, 5.41) is 9.64. The normalized spacial score (nSPS) is 11.9. The minimum Gasteiger partial charge on any atom is -0.480 e. The van der Waals surface area contributed by atoms with Gasteiger partial charge >= 0.3 is 5.97 Å². The molecule has 0 saturated heterocycles. The summed E-state index contributed by atoms with van der Waals surface area (Å²) in [7, 11) is 0. The van der Waals surface area contributed by atoms with E-state index < -0.39 is 12.0 Å². The molecule has 3 N–H and O–H groups in total. The van der Waals surface area contributed by atoms with Gasteiger partial charge in [0.25, 0.3) is 0 Å². The van der Waals surface area contributed by atoms with Crippen molar-refractivity contribution in [3.05, 3.63) is 48.8 Å². The summed E-state index contributed by atoms with van der Waals surface area (Å²) >= 11 is 0. The minimum absolute atomic E-state index is 0.486. The number of aliphatic carboxylic acids is 1. The fraction of sp³-hybridized carbons (Fsp3) is 0.312. The highest BCUT2D eigenvalue weighted by molar-refractivity contribution is 5.81. The smallest absolute Gasteiger partial charge is 0.326 e. The first kappa shape index (κ1) is 15.9. The van der Waals surface area contributed by atoms with E-state index in [0.29, 0.717) is 24.6 Å². The Bertz CT molecular complexity index is 538. The highest BCUT2D eigenvalue weighted by Gasteiger charge is 2.28. The number of carboxylic acids is 1. The number of nitrogens with two attached hydrogens (primary N) is 1. The molecule has 0 amide bonds. The topological polar surface area (TPSA) is 92.3 Å². The molecule has 0 spiro atoms. The Hall–Kier alpha value is -2.47. The second-order valence-electron chi connectivity index (χ2n) is 4.88. The molecule has 0 saturated carbocycles. The van der Waals surface area contributed by atoms with E-state index in [1.807, 2.05) is 12.1 Å². The average Bonchev–Trinajstić information content (AvgIpc) is 2.56. The van der Waals surface area contributed by atoms with Crippen molar-refractivity contribution in [3.8, 4) is 0 Å². The predicted molar refractivity (Wildman–Crippen MR) is 84.9 cm³/mol. The number of rotatable bonds is 8. The van der Waals surface area contributed by atoms with E-state index in [1.54, 1.807) is 41.6 Å². The van der Waals surface area contributed by atoms with Crippen LogP contribution >= 0.6 is 0 Å². The molecular formula is C16H20N4O2. The fourth-order valence-electron chi connectivity index (χ4n) is 2.27. The van der Waals surface area contributed by atoms with Crippen LogP contribution < -0.4 is 10.6 Å². The number of unbranched alkanes of at least 4 members (excludes halogenated alkanes) is 1. The van der Waals surface area contributed by atoms with Gasteiger partial charge in [-0.15, -0.1) is 0 Å². The number of pyridine rings is 2. The van der Waals surface area contributed by atoms with E-state index in [1.165, 1.54) is 0 Å². The van der Waals surface area contributed by atoms with E-state index in [9.17, 15) is 9.90 Å². The van der Waals surface area contributed by atoms with Crippen molar-refractivity contribution in [1.29, 1.82) is 0 Å². The molecule has 0 bridgehead atoms. The van der Waals surface area contributed by atoms with Crippen molar-refractivity contribution in [2.45, 2.75) is 25.3 Å². The van der Waals surface area contributed by atoms with Crippen molar-refractivity contribution >= 4 is 17.6 Å². The van der Waals surface area contributed by atoms with Crippen LogP contribution in [0.3, 0.4) is 0 Å². The zero-order chi connectivity index (χ0) is 15.8. The van der Waals surface area contributed by atoms with Crippen molar-refractivity contribution in [2.75, 3.05) is 11.4 Å². The fourth-order valence-corrected chi connectivity index (χ4v) is 2.27. The number of aromatic nitrogens is 2. The molecule has 0 aromatic carbocycles. The van der Waals surface area contributed by atoms with E-state index in [4.69, 9.17) is 5.73 Å². The lowest BCUT2D eigenvalue weighted by molar-refractivity contribution is -0.138. The summed E-state index contributed by atoms with van der Waals surface area (Å²) in [5.41, 5.74) is 5.50. The zero-order valence-electron chi connectivity index (χ0n) is 12.3. The van der Waals surface area contributed by atoms with E-state index in [2.05, 4.69) is 9.97 Å². The largest absolute Gasteiger partial charge is 0.480 e. The number of hydrogen-bond donors (Lipinski definition) is 2. The Morgan fingerprint density at radius 1 is 1.09 bits per heavy atom. The molecule has 0 aliphatic heterocycles. The van der Waals surface area contributed by atoms with Crippen LogP contribution in [0.2, 0.25) is 0 Å². The van der Waals surface area contributed by atoms with Gasteiger partial charge in [0.2, 0.25) is 0 Å². The van der Waals surface area contributed by atoms with Crippen LogP contribution in [0.15, 0.2) is 48.8 Å². The number of carboxylic acid groups (broad SMARTS) is 1. The third-order valence-electron chi connectivity index (χ3n) is 3.32. The van der Waals surface area contributed by atoms with Crippen molar-refractivity contribution in [2.24, 2.45) is 5.73 Å². The summed E-state index contributed by atoms with van der Waals surface area (Å²) in [5.74, 6) is 0.246. The minimum atomic E-state index is -0.895. The van der Waals surface area contributed by atoms with Gasteiger partial charge < -0.3 is 10.8 Å². The van der Waals surface area contributed by atoms with Crippen LogP contribution in [0, 0.1) is 0 Å². The summed E-state index contributed by atoms with van der Waals surface area (Å²) in [6.45, 7) is 0.555. The molecule has 6 nitrogen and oxygen atoms in total. The van der Waals surface area contributed by atoms with E-state index in [-0.39, 0.29) is 0 Å². The van der Waals surface area contributed by atoms with Crippen LogP contribution in [0.25, 0.3) is 0 Å². The molecule has 6 heteroatoms. The second-order valence-corrected chi connectivity index (χ2v) is 4.88. The SMILES string of the molecule is NCCCCC(C(=O)O)N(c1ccccn1)c1ccccn1. The van der Waals surface area contributed by atoms with Crippen LogP contribution in [-0.4, -0.2) is 33.6 Å². The maximum atomic E-state index is 11.8. The molecule has 0 aliphatic rings.